The first-order chi connectivity index (χ1) is 11.0. The number of anilines is 1. The van der Waals surface area contributed by atoms with Crippen LogP contribution in [0.2, 0.25) is 0 Å². The fourth-order valence-corrected chi connectivity index (χ4v) is 4.02. The van der Waals surface area contributed by atoms with Gasteiger partial charge in [-0.3, -0.25) is 0 Å². The Bertz CT molecular complexity index is 774. The third-order valence-electron chi connectivity index (χ3n) is 4.07. The zero-order valence-electron chi connectivity index (χ0n) is 13.2. The molecule has 8 nitrogen and oxygen atoms in total. The van der Waals surface area contributed by atoms with E-state index < -0.39 is 10.0 Å². The molecule has 2 aromatic rings. The molecule has 3 rings (SSSR count). The third kappa shape index (κ3) is 3.20. The summed E-state index contributed by atoms with van der Waals surface area (Å²) in [4.78, 5) is 12.5. The molecule has 124 valence electrons. The van der Waals surface area contributed by atoms with Crippen molar-refractivity contribution in [2.75, 3.05) is 17.6 Å². The van der Waals surface area contributed by atoms with E-state index in [1.165, 1.54) is 4.31 Å². The third-order valence-corrected chi connectivity index (χ3v) is 5.94. The lowest BCUT2D eigenvalue weighted by atomic mass is 10.1. The molecule has 0 aromatic carbocycles. The minimum Gasteiger partial charge on any atom is -0.353 e. The predicted octanol–water partition coefficient (Wildman–Crippen LogP) is 0.399. The van der Waals surface area contributed by atoms with Crippen molar-refractivity contribution in [2.45, 2.75) is 25.9 Å². The lowest BCUT2D eigenvalue weighted by molar-refractivity contribution is 0.294. The number of aryl methyl sites for hydroxylation is 1. The minimum atomic E-state index is -3.30. The molecule has 3 heterocycles. The van der Waals surface area contributed by atoms with Crippen LogP contribution in [0.1, 0.15) is 18.3 Å². The van der Waals surface area contributed by atoms with E-state index >= 15 is 0 Å². The molecule has 9 heteroatoms. The number of nitrogens with one attached hydrogen (secondary N) is 1. The summed E-state index contributed by atoms with van der Waals surface area (Å²) in [6.07, 6.45) is 5.65. The highest BCUT2D eigenvalue weighted by Crippen LogP contribution is 2.25. The van der Waals surface area contributed by atoms with Crippen LogP contribution in [0.5, 0.6) is 0 Å². The van der Waals surface area contributed by atoms with Crippen LogP contribution in [-0.2, 0) is 30.0 Å². The number of fused-ring (bicyclic) bond motifs is 1. The predicted molar refractivity (Wildman–Crippen MR) is 86.2 cm³/mol. The fourth-order valence-electron chi connectivity index (χ4n) is 2.76. The summed E-state index contributed by atoms with van der Waals surface area (Å²) in [7, 11) is -1.37. The molecule has 2 aromatic heterocycles. The monoisotopic (exact) mass is 336 g/mol. The Labute approximate surface area is 135 Å². The van der Waals surface area contributed by atoms with Crippen molar-refractivity contribution in [3.05, 3.63) is 36.2 Å². The van der Waals surface area contributed by atoms with E-state index in [1.807, 2.05) is 11.6 Å². The van der Waals surface area contributed by atoms with Crippen molar-refractivity contribution >= 4 is 16.0 Å². The summed E-state index contributed by atoms with van der Waals surface area (Å²) < 4.78 is 28.3. The standard InChI is InChI=1S/C14H20N6O2S/c1-3-23(21,22)20-9-12-13(19(2)10-18-12)7-11(20)8-17-14-15-5-4-6-16-14/h4-6,10-11H,3,7-9H2,1-2H3,(H,15,16,17)/t11-/m1/s1. The molecule has 0 saturated carbocycles. The molecule has 1 aliphatic heterocycles. The number of nitrogens with zero attached hydrogens (tertiary/aromatic N) is 5. The van der Waals surface area contributed by atoms with E-state index in [0.29, 0.717) is 25.5 Å². The summed E-state index contributed by atoms with van der Waals surface area (Å²) in [5.41, 5.74) is 1.91. The molecule has 0 unspecified atom stereocenters. The van der Waals surface area contributed by atoms with Gasteiger partial charge in [0.05, 0.1) is 24.3 Å². The van der Waals surface area contributed by atoms with Gasteiger partial charge >= 0.3 is 0 Å². The van der Waals surface area contributed by atoms with Crippen LogP contribution in [0.25, 0.3) is 0 Å². The molecule has 0 fully saturated rings. The zero-order valence-corrected chi connectivity index (χ0v) is 14.0. The Kier molecular flexibility index (Phi) is 4.31. The molecule has 0 amide bonds. The van der Waals surface area contributed by atoms with Crippen LogP contribution in [-0.4, -0.2) is 50.6 Å². The van der Waals surface area contributed by atoms with Crippen molar-refractivity contribution in [2.24, 2.45) is 7.05 Å². The Morgan fingerprint density at radius 3 is 2.74 bits per heavy atom. The van der Waals surface area contributed by atoms with Crippen LogP contribution in [0.4, 0.5) is 5.95 Å². The van der Waals surface area contributed by atoms with Crippen molar-refractivity contribution in [3.8, 4) is 0 Å². The van der Waals surface area contributed by atoms with Crippen LogP contribution >= 0.6 is 0 Å². The van der Waals surface area contributed by atoms with Gasteiger partial charge in [-0.05, 0) is 13.0 Å². The van der Waals surface area contributed by atoms with Gasteiger partial charge in [-0.25, -0.2) is 23.4 Å². The minimum absolute atomic E-state index is 0.0769. The van der Waals surface area contributed by atoms with Crippen LogP contribution in [0.3, 0.4) is 0 Å². The smallest absolute Gasteiger partial charge is 0.222 e. The topological polar surface area (TPSA) is 93.0 Å². The van der Waals surface area contributed by atoms with Crippen LogP contribution < -0.4 is 5.32 Å². The van der Waals surface area contributed by atoms with E-state index in [-0.39, 0.29) is 11.8 Å². The van der Waals surface area contributed by atoms with Gasteiger partial charge < -0.3 is 9.88 Å². The summed E-state index contributed by atoms with van der Waals surface area (Å²) in [6, 6.07) is 1.55. The van der Waals surface area contributed by atoms with Gasteiger partial charge in [-0.15, -0.1) is 0 Å². The summed E-state index contributed by atoms with van der Waals surface area (Å²) >= 11 is 0. The van der Waals surface area contributed by atoms with Crippen molar-refractivity contribution in [1.82, 2.24) is 23.8 Å². The molecule has 0 spiro atoms. The SMILES string of the molecule is CCS(=O)(=O)N1Cc2ncn(C)c2C[C@@H]1CNc1ncccn1. The fraction of sp³-hybridized carbons (Fsp3) is 0.500. The highest BCUT2D eigenvalue weighted by Gasteiger charge is 2.35. The largest absolute Gasteiger partial charge is 0.353 e. The number of rotatable bonds is 5. The average molecular weight is 336 g/mol. The Balaban J connectivity index is 1.84. The first-order valence-corrected chi connectivity index (χ1v) is 9.11. The van der Waals surface area contributed by atoms with Gasteiger partial charge in [0.25, 0.3) is 0 Å². The molecule has 0 saturated heterocycles. The molecular formula is C14H20N6O2S. The zero-order chi connectivity index (χ0) is 16.4. The number of sulfonamides is 1. The van der Waals surface area contributed by atoms with Crippen molar-refractivity contribution in [3.63, 3.8) is 0 Å². The van der Waals surface area contributed by atoms with Gasteiger partial charge in [0.2, 0.25) is 16.0 Å². The van der Waals surface area contributed by atoms with Gasteiger partial charge in [-0.1, -0.05) is 0 Å². The van der Waals surface area contributed by atoms with Gasteiger partial charge in [0.1, 0.15) is 0 Å². The highest BCUT2D eigenvalue weighted by atomic mass is 32.2. The van der Waals surface area contributed by atoms with E-state index in [2.05, 4.69) is 20.3 Å². The van der Waals surface area contributed by atoms with Crippen LogP contribution in [0.15, 0.2) is 24.8 Å². The normalized spacial score (nSPS) is 18.6. The van der Waals surface area contributed by atoms with E-state index in [1.54, 1.807) is 31.7 Å². The molecule has 1 atom stereocenters. The Morgan fingerprint density at radius 2 is 2.04 bits per heavy atom. The Morgan fingerprint density at radius 1 is 1.30 bits per heavy atom. The van der Waals surface area contributed by atoms with Crippen LogP contribution in [0, 0.1) is 0 Å². The van der Waals surface area contributed by atoms with Gasteiger partial charge in [0, 0.05) is 44.1 Å². The maximum absolute atomic E-state index is 12.4. The summed E-state index contributed by atoms with van der Waals surface area (Å²) in [5.74, 6) is 0.574. The molecule has 1 aliphatic rings. The summed E-state index contributed by atoms with van der Waals surface area (Å²) in [6.45, 7) is 2.43. The lowest BCUT2D eigenvalue weighted by Crippen LogP contribution is -2.48. The molecule has 23 heavy (non-hydrogen) atoms. The first-order valence-electron chi connectivity index (χ1n) is 7.50. The lowest BCUT2D eigenvalue weighted by Gasteiger charge is -2.34. The maximum atomic E-state index is 12.4. The number of imidazole rings is 1. The number of aromatic nitrogens is 4. The van der Waals surface area contributed by atoms with Gasteiger partial charge in [0.15, 0.2) is 0 Å². The Hall–Kier alpha value is -2.00. The first kappa shape index (κ1) is 15.9. The molecule has 0 bridgehead atoms. The van der Waals surface area contributed by atoms with E-state index in [4.69, 9.17) is 0 Å². The van der Waals surface area contributed by atoms with Crippen molar-refractivity contribution in [1.29, 1.82) is 0 Å². The summed E-state index contributed by atoms with van der Waals surface area (Å²) in [5, 5.41) is 3.12. The second-order valence-electron chi connectivity index (χ2n) is 5.51. The second-order valence-corrected chi connectivity index (χ2v) is 7.72. The highest BCUT2D eigenvalue weighted by molar-refractivity contribution is 7.89. The van der Waals surface area contributed by atoms with Crippen molar-refractivity contribution < 1.29 is 8.42 Å². The second kappa shape index (κ2) is 6.25. The van der Waals surface area contributed by atoms with E-state index in [9.17, 15) is 8.42 Å². The van der Waals surface area contributed by atoms with Gasteiger partial charge in [-0.2, -0.15) is 4.31 Å². The van der Waals surface area contributed by atoms with E-state index in [0.717, 1.165) is 11.4 Å². The quantitative estimate of drug-likeness (QED) is 0.849. The number of hydrogen-bond donors (Lipinski definition) is 1. The molecular weight excluding hydrogens is 316 g/mol. The molecule has 0 aliphatic carbocycles. The average Bonchev–Trinajstić information content (AvgIpc) is 2.93. The number of hydrogen-bond acceptors (Lipinski definition) is 6. The molecule has 0 radical (unpaired) electrons. The molecule has 1 N–H and O–H groups in total. The maximum Gasteiger partial charge on any atom is 0.222 e.